The molecule has 1 heterocycles. The van der Waals surface area contributed by atoms with Crippen LogP contribution in [0.5, 0.6) is 0 Å². The molecule has 22 heavy (non-hydrogen) atoms. The average molecular weight is 358 g/mol. The van der Waals surface area contributed by atoms with Gasteiger partial charge in [-0.05, 0) is 43.4 Å². The third-order valence-corrected chi connectivity index (χ3v) is 4.91. The molecular formula is C12H11FN4O2S3. The highest BCUT2D eigenvalue weighted by Gasteiger charge is 2.18. The second-order valence-corrected chi connectivity index (χ2v) is 7.35. The third kappa shape index (κ3) is 4.12. The maximum absolute atomic E-state index is 12.9. The van der Waals surface area contributed by atoms with E-state index in [-0.39, 0.29) is 5.82 Å². The molecule has 1 atom stereocenters. The van der Waals surface area contributed by atoms with Gasteiger partial charge in [0.05, 0.1) is 10.9 Å². The van der Waals surface area contributed by atoms with Crippen molar-refractivity contribution >= 4 is 47.3 Å². The fourth-order valence-electron chi connectivity index (χ4n) is 1.48. The van der Waals surface area contributed by atoms with E-state index in [1.807, 2.05) is 5.32 Å². The largest absolute Gasteiger partial charge is 0.351 e. The van der Waals surface area contributed by atoms with Crippen LogP contribution in [0.15, 0.2) is 28.6 Å². The molecule has 0 bridgehead atoms. The van der Waals surface area contributed by atoms with E-state index in [4.69, 9.17) is 18.0 Å². The summed E-state index contributed by atoms with van der Waals surface area (Å²) < 4.78 is 15.4. The molecule has 1 aromatic heterocycles. The fraction of sp³-hybridized carbons (Fsp3) is 0.167. The smallest absolute Gasteiger partial charge is 0.318 e. The van der Waals surface area contributed by atoms with Crippen molar-refractivity contribution in [3.8, 4) is 5.69 Å². The van der Waals surface area contributed by atoms with Gasteiger partial charge in [0.2, 0.25) is 5.91 Å². The first kappa shape index (κ1) is 16.6. The predicted molar refractivity (Wildman–Crippen MR) is 85.3 cm³/mol. The lowest BCUT2D eigenvalue weighted by Crippen LogP contribution is -2.39. The van der Waals surface area contributed by atoms with Crippen LogP contribution in [0.25, 0.3) is 5.69 Å². The number of urea groups is 1. The number of rotatable bonds is 4. The monoisotopic (exact) mass is 358 g/mol. The summed E-state index contributed by atoms with van der Waals surface area (Å²) >= 11 is 7.58. The number of hydrogen-bond acceptors (Lipinski definition) is 6. The van der Waals surface area contributed by atoms with Crippen LogP contribution in [0.4, 0.5) is 9.18 Å². The Morgan fingerprint density at radius 2 is 2.09 bits per heavy atom. The molecule has 1 aromatic carbocycles. The number of nitrogens with two attached hydrogens (primary N) is 1. The average Bonchev–Trinajstić information content (AvgIpc) is 2.79. The number of imide groups is 1. The summed E-state index contributed by atoms with van der Waals surface area (Å²) in [6.07, 6.45) is 0. The molecule has 10 heteroatoms. The third-order valence-electron chi connectivity index (χ3n) is 2.49. The van der Waals surface area contributed by atoms with Crippen molar-refractivity contribution in [2.75, 3.05) is 0 Å². The van der Waals surface area contributed by atoms with Crippen molar-refractivity contribution in [1.29, 1.82) is 0 Å². The first-order chi connectivity index (χ1) is 10.4. The Morgan fingerprint density at radius 3 is 2.68 bits per heavy atom. The molecule has 2 aromatic rings. The number of nitrogens with zero attached hydrogens (tertiary/aromatic N) is 2. The van der Waals surface area contributed by atoms with Crippen LogP contribution in [-0.2, 0) is 4.79 Å². The SMILES string of the molecule is C[C@@H](Sc1nn(-c2ccc(F)cc2)c(=S)s1)C(=O)NC(N)=O. The maximum atomic E-state index is 12.9. The number of amides is 3. The summed E-state index contributed by atoms with van der Waals surface area (Å²) in [6, 6.07) is 4.84. The van der Waals surface area contributed by atoms with Crippen molar-refractivity contribution in [1.82, 2.24) is 15.1 Å². The van der Waals surface area contributed by atoms with E-state index in [0.29, 0.717) is 14.0 Å². The number of carbonyl (C=O) groups excluding carboxylic acids is 2. The van der Waals surface area contributed by atoms with Gasteiger partial charge in [-0.15, -0.1) is 5.10 Å². The molecule has 0 radical (unpaired) electrons. The number of carbonyl (C=O) groups is 2. The van der Waals surface area contributed by atoms with Crippen LogP contribution in [0, 0.1) is 9.77 Å². The summed E-state index contributed by atoms with van der Waals surface area (Å²) in [5.74, 6) is -0.858. The number of thioether (sulfide) groups is 1. The topological polar surface area (TPSA) is 90.0 Å². The molecule has 3 amide bonds. The van der Waals surface area contributed by atoms with E-state index in [0.717, 1.165) is 11.8 Å². The van der Waals surface area contributed by atoms with Gasteiger partial charge in [-0.1, -0.05) is 23.1 Å². The van der Waals surface area contributed by atoms with E-state index in [1.54, 1.807) is 19.1 Å². The Kier molecular flexibility index (Phi) is 5.27. The molecule has 2 rings (SSSR count). The van der Waals surface area contributed by atoms with Crippen LogP contribution < -0.4 is 11.1 Å². The summed E-state index contributed by atoms with van der Waals surface area (Å²) in [7, 11) is 0. The Bertz CT molecular complexity index is 756. The van der Waals surface area contributed by atoms with Crippen molar-refractivity contribution in [3.63, 3.8) is 0 Å². The Labute approximate surface area is 138 Å². The first-order valence-electron chi connectivity index (χ1n) is 6.00. The molecule has 0 unspecified atom stereocenters. The number of hydrogen-bond donors (Lipinski definition) is 2. The number of aromatic nitrogens is 2. The molecule has 116 valence electrons. The van der Waals surface area contributed by atoms with Crippen LogP contribution in [-0.4, -0.2) is 27.0 Å². The molecular weight excluding hydrogens is 347 g/mol. The molecule has 0 aliphatic carbocycles. The van der Waals surface area contributed by atoms with Crippen molar-refractivity contribution in [3.05, 3.63) is 34.0 Å². The highest BCUT2D eigenvalue weighted by Crippen LogP contribution is 2.27. The Balaban J connectivity index is 2.16. The van der Waals surface area contributed by atoms with Gasteiger partial charge in [-0.2, -0.15) is 0 Å². The highest BCUT2D eigenvalue weighted by molar-refractivity contribution is 8.02. The lowest BCUT2D eigenvalue weighted by molar-refractivity contribution is -0.119. The molecule has 0 aliphatic rings. The molecule has 6 nitrogen and oxygen atoms in total. The van der Waals surface area contributed by atoms with E-state index < -0.39 is 17.2 Å². The van der Waals surface area contributed by atoms with Crippen LogP contribution in [0.3, 0.4) is 0 Å². The molecule has 0 saturated carbocycles. The van der Waals surface area contributed by atoms with Gasteiger partial charge >= 0.3 is 6.03 Å². The molecule has 0 saturated heterocycles. The fourth-order valence-corrected chi connectivity index (χ4v) is 3.99. The van der Waals surface area contributed by atoms with E-state index in [1.165, 1.54) is 28.2 Å². The standard InChI is InChI=1S/C12H11FN4O2S3/c1-6(9(18)15-10(14)19)21-11-16-17(12(20)22-11)8-4-2-7(13)3-5-8/h2-6H,1H3,(H3,14,15,18,19)/t6-/m1/s1. The normalized spacial score (nSPS) is 11.9. The second-order valence-electron chi connectivity index (χ2n) is 4.14. The molecule has 0 fully saturated rings. The zero-order chi connectivity index (χ0) is 16.3. The van der Waals surface area contributed by atoms with Gasteiger partial charge in [-0.25, -0.2) is 13.9 Å². The van der Waals surface area contributed by atoms with Gasteiger partial charge < -0.3 is 5.73 Å². The van der Waals surface area contributed by atoms with Gasteiger partial charge in [0.1, 0.15) is 5.82 Å². The minimum Gasteiger partial charge on any atom is -0.351 e. The van der Waals surface area contributed by atoms with E-state index in [9.17, 15) is 14.0 Å². The first-order valence-corrected chi connectivity index (χ1v) is 8.10. The summed E-state index contributed by atoms with van der Waals surface area (Å²) in [5.41, 5.74) is 5.52. The lowest BCUT2D eigenvalue weighted by atomic mass is 10.3. The van der Waals surface area contributed by atoms with Gasteiger partial charge in [0.25, 0.3) is 0 Å². The number of nitrogens with one attached hydrogen (secondary N) is 1. The van der Waals surface area contributed by atoms with Crippen LogP contribution in [0.1, 0.15) is 6.92 Å². The van der Waals surface area contributed by atoms with Crippen LogP contribution >= 0.6 is 35.3 Å². The molecule has 3 N–H and O–H groups in total. The minimum absolute atomic E-state index is 0.350. The van der Waals surface area contributed by atoms with Crippen molar-refractivity contribution < 1.29 is 14.0 Å². The lowest BCUT2D eigenvalue weighted by Gasteiger charge is -2.07. The summed E-state index contributed by atoms with van der Waals surface area (Å²) in [4.78, 5) is 22.3. The van der Waals surface area contributed by atoms with Crippen molar-refractivity contribution in [2.24, 2.45) is 5.73 Å². The highest BCUT2D eigenvalue weighted by atomic mass is 32.2. The van der Waals surface area contributed by atoms with Crippen molar-refractivity contribution in [2.45, 2.75) is 16.5 Å². The Morgan fingerprint density at radius 1 is 1.45 bits per heavy atom. The summed E-state index contributed by atoms with van der Waals surface area (Å²) in [5, 5.41) is 5.73. The molecule has 0 aliphatic heterocycles. The summed E-state index contributed by atoms with van der Waals surface area (Å²) in [6.45, 7) is 1.62. The molecule has 0 spiro atoms. The minimum atomic E-state index is -0.901. The quantitative estimate of drug-likeness (QED) is 0.647. The number of benzene rings is 1. The van der Waals surface area contributed by atoms with E-state index >= 15 is 0 Å². The Hall–Kier alpha value is -1.78. The number of halogens is 1. The van der Waals surface area contributed by atoms with Crippen LogP contribution in [0.2, 0.25) is 0 Å². The van der Waals surface area contributed by atoms with Gasteiger partial charge in [-0.3, -0.25) is 10.1 Å². The predicted octanol–water partition coefficient (Wildman–Crippen LogP) is 2.48. The van der Waals surface area contributed by atoms with E-state index in [2.05, 4.69) is 5.10 Å². The van der Waals surface area contributed by atoms with Gasteiger partial charge in [0, 0.05) is 0 Å². The maximum Gasteiger partial charge on any atom is 0.318 e. The zero-order valence-corrected chi connectivity index (χ0v) is 13.7. The second kappa shape index (κ2) is 6.99. The zero-order valence-electron chi connectivity index (χ0n) is 11.3. The number of primary amides is 1. The van der Waals surface area contributed by atoms with Gasteiger partial charge in [0.15, 0.2) is 8.29 Å².